The van der Waals surface area contributed by atoms with Gasteiger partial charge in [-0.25, -0.2) is 4.39 Å². The Morgan fingerprint density at radius 3 is 2.47 bits per heavy atom. The second-order valence-corrected chi connectivity index (χ2v) is 4.51. The van der Waals surface area contributed by atoms with E-state index in [9.17, 15) is 4.39 Å². The molecule has 0 aliphatic carbocycles. The SMILES string of the molecule is Fc1ccc(COc2cc(S)cc(Cl)c2)cc1. The molecule has 0 aliphatic heterocycles. The second-order valence-electron chi connectivity index (χ2n) is 3.56. The van der Waals surface area contributed by atoms with Gasteiger partial charge in [0.25, 0.3) is 0 Å². The van der Waals surface area contributed by atoms with Gasteiger partial charge in [-0.2, -0.15) is 0 Å². The van der Waals surface area contributed by atoms with Crippen LogP contribution in [-0.2, 0) is 6.61 Å². The summed E-state index contributed by atoms with van der Waals surface area (Å²) in [5, 5.41) is 0.576. The molecule has 0 fully saturated rings. The van der Waals surface area contributed by atoms with Crippen LogP contribution in [0.25, 0.3) is 0 Å². The van der Waals surface area contributed by atoms with Crippen LogP contribution in [0.2, 0.25) is 5.02 Å². The number of hydrogen-bond donors (Lipinski definition) is 1. The molecule has 88 valence electrons. The summed E-state index contributed by atoms with van der Waals surface area (Å²) in [6, 6.07) is 11.4. The van der Waals surface area contributed by atoms with E-state index in [1.807, 2.05) is 0 Å². The summed E-state index contributed by atoms with van der Waals surface area (Å²) in [4.78, 5) is 0.742. The Kier molecular flexibility index (Phi) is 3.92. The van der Waals surface area contributed by atoms with Gasteiger partial charge in [0.15, 0.2) is 0 Å². The first-order valence-corrected chi connectivity index (χ1v) is 5.83. The molecule has 0 radical (unpaired) electrons. The van der Waals surface area contributed by atoms with Crippen molar-refractivity contribution in [3.05, 3.63) is 58.9 Å². The molecule has 2 aromatic rings. The number of ether oxygens (including phenoxy) is 1. The third-order valence-corrected chi connectivity index (χ3v) is 2.65. The molecule has 0 saturated carbocycles. The predicted octanol–water partition coefficient (Wildman–Crippen LogP) is 4.35. The number of rotatable bonds is 3. The number of thiol groups is 1. The first-order valence-electron chi connectivity index (χ1n) is 5.00. The molecule has 0 N–H and O–H groups in total. The first-order chi connectivity index (χ1) is 8.13. The summed E-state index contributed by atoms with van der Waals surface area (Å²) in [7, 11) is 0. The molecular weight excluding hydrogens is 259 g/mol. The van der Waals surface area contributed by atoms with Crippen molar-refractivity contribution in [3.8, 4) is 5.75 Å². The number of hydrogen-bond acceptors (Lipinski definition) is 2. The predicted molar refractivity (Wildman–Crippen MR) is 69.4 cm³/mol. The Morgan fingerprint density at radius 1 is 1.12 bits per heavy atom. The molecule has 17 heavy (non-hydrogen) atoms. The smallest absolute Gasteiger partial charge is 0.123 e. The first kappa shape index (κ1) is 12.3. The topological polar surface area (TPSA) is 9.23 Å². The van der Waals surface area contributed by atoms with Gasteiger partial charge >= 0.3 is 0 Å². The highest BCUT2D eigenvalue weighted by Gasteiger charge is 2.00. The zero-order valence-electron chi connectivity index (χ0n) is 8.86. The van der Waals surface area contributed by atoms with E-state index in [2.05, 4.69) is 12.6 Å². The van der Waals surface area contributed by atoms with Crippen LogP contribution in [-0.4, -0.2) is 0 Å². The third kappa shape index (κ3) is 3.65. The Hall–Kier alpha value is -1.19. The normalized spacial score (nSPS) is 10.3. The quantitative estimate of drug-likeness (QED) is 0.815. The summed E-state index contributed by atoms with van der Waals surface area (Å²) in [5.74, 6) is 0.390. The highest BCUT2D eigenvalue weighted by atomic mass is 35.5. The van der Waals surface area contributed by atoms with E-state index < -0.39 is 0 Å². The highest BCUT2D eigenvalue weighted by Crippen LogP contribution is 2.23. The average Bonchev–Trinajstić information content (AvgIpc) is 2.27. The molecule has 2 rings (SSSR count). The summed E-state index contributed by atoms with van der Waals surface area (Å²) < 4.78 is 18.2. The maximum atomic E-state index is 12.7. The lowest BCUT2D eigenvalue weighted by molar-refractivity contribution is 0.305. The van der Waals surface area contributed by atoms with Crippen LogP contribution in [0.4, 0.5) is 4.39 Å². The van der Waals surface area contributed by atoms with E-state index in [0.717, 1.165) is 10.5 Å². The van der Waals surface area contributed by atoms with Gasteiger partial charge in [-0.15, -0.1) is 12.6 Å². The minimum absolute atomic E-state index is 0.255. The van der Waals surface area contributed by atoms with E-state index in [-0.39, 0.29) is 5.82 Å². The fourth-order valence-electron chi connectivity index (χ4n) is 1.38. The van der Waals surface area contributed by atoms with Crippen molar-refractivity contribution >= 4 is 24.2 Å². The van der Waals surface area contributed by atoms with Crippen molar-refractivity contribution < 1.29 is 9.13 Å². The van der Waals surface area contributed by atoms with Gasteiger partial charge in [0.2, 0.25) is 0 Å². The summed E-state index contributed by atoms with van der Waals surface area (Å²) in [6.07, 6.45) is 0. The molecule has 0 aromatic heterocycles. The number of benzene rings is 2. The minimum atomic E-state index is -0.255. The lowest BCUT2D eigenvalue weighted by Crippen LogP contribution is -1.95. The number of halogens is 2. The molecule has 0 saturated heterocycles. The van der Waals surface area contributed by atoms with Crippen molar-refractivity contribution in [3.63, 3.8) is 0 Å². The zero-order chi connectivity index (χ0) is 12.3. The Morgan fingerprint density at radius 2 is 1.82 bits per heavy atom. The largest absolute Gasteiger partial charge is 0.489 e. The average molecular weight is 269 g/mol. The fraction of sp³-hybridized carbons (Fsp3) is 0.0769. The van der Waals surface area contributed by atoms with Crippen LogP contribution < -0.4 is 4.74 Å². The Bertz CT molecular complexity index is 493. The molecule has 0 unspecified atom stereocenters. The molecule has 0 atom stereocenters. The van der Waals surface area contributed by atoms with Crippen LogP contribution in [0.3, 0.4) is 0 Å². The molecule has 2 aromatic carbocycles. The van der Waals surface area contributed by atoms with Crippen LogP contribution >= 0.6 is 24.2 Å². The molecule has 4 heteroatoms. The molecule has 0 amide bonds. The lowest BCUT2D eigenvalue weighted by atomic mass is 10.2. The van der Waals surface area contributed by atoms with Gasteiger partial charge in [-0.3, -0.25) is 0 Å². The van der Waals surface area contributed by atoms with Crippen molar-refractivity contribution in [1.82, 2.24) is 0 Å². The van der Waals surface area contributed by atoms with Crippen LogP contribution in [0, 0.1) is 5.82 Å². The van der Waals surface area contributed by atoms with Gasteiger partial charge in [-0.1, -0.05) is 23.7 Å². The Labute approximate surface area is 110 Å². The summed E-state index contributed by atoms with van der Waals surface area (Å²) in [5.41, 5.74) is 0.895. The van der Waals surface area contributed by atoms with E-state index in [0.29, 0.717) is 17.4 Å². The monoisotopic (exact) mass is 268 g/mol. The van der Waals surface area contributed by atoms with Crippen LogP contribution in [0.15, 0.2) is 47.4 Å². The van der Waals surface area contributed by atoms with E-state index in [1.165, 1.54) is 12.1 Å². The molecule has 0 heterocycles. The molecule has 1 nitrogen and oxygen atoms in total. The van der Waals surface area contributed by atoms with Gasteiger partial charge in [0, 0.05) is 9.92 Å². The van der Waals surface area contributed by atoms with Crippen LogP contribution in [0.5, 0.6) is 5.75 Å². The van der Waals surface area contributed by atoms with Crippen LogP contribution in [0.1, 0.15) is 5.56 Å². The highest BCUT2D eigenvalue weighted by molar-refractivity contribution is 7.80. The maximum Gasteiger partial charge on any atom is 0.123 e. The van der Waals surface area contributed by atoms with Crippen molar-refractivity contribution in [2.75, 3.05) is 0 Å². The van der Waals surface area contributed by atoms with E-state index >= 15 is 0 Å². The molecule has 0 bridgehead atoms. The van der Waals surface area contributed by atoms with Gasteiger partial charge in [0.1, 0.15) is 18.2 Å². The Balaban J connectivity index is 2.04. The fourth-order valence-corrected chi connectivity index (χ4v) is 1.95. The third-order valence-electron chi connectivity index (χ3n) is 2.17. The lowest BCUT2D eigenvalue weighted by Gasteiger charge is -2.07. The maximum absolute atomic E-state index is 12.7. The molecular formula is C13H10ClFOS. The standard InChI is InChI=1S/C13H10ClFOS/c14-10-5-12(7-13(17)6-10)16-8-9-1-3-11(15)4-2-9/h1-7,17H,8H2. The minimum Gasteiger partial charge on any atom is -0.489 e. The molecule has 0 aliphatic rings. The van der Waals surface area contributed by atoms with Gasteiger partial charge in [0.05, 0.1) is 0 Å². The second kappa shape index (κ2) is 5.43. The van der Waals surface area contributed by atoms with E-state index in [4.69, 9.17) is 16.3 Å². The molecule has 0 spiro atoms. The van der Waals surface area contributed by atoms with E-state index in [1.54, 1.807) is 30.3 Å². The van der Waals surface area contributed by atoms with Crippen molar-refractivity contribution in [1.29, 1.82) is 0 Å². The van der Waals surface area contributed by atoms with Gasteiger partial charge in [-0.05, 0) is 35.9 Å². The van der Waals surface area contributed by atoms with Crippen molar-refractivity contribution in [2.45, 2.75) is 11.5 Å². The summed E-state index contributed by atoms with van der Waals surface area (Å²) in [6.45, 7) is 0.369. The van der Waals surface area contributed by atoms with Crippen molar-refractivity contribution in [2.24, 2.45) is 0 Å². The summed E-state index contributed by atoms with van der Waals surface area (Å²) >= 11 is 10.1. The zero-order valence-corrected chi connectivity index (χ0v) is 10.5. The van der Waals surface area contributed by atoms with Gasteiger partial charge < -0.3 is 4.74 Å².